The van der Waals surface area contributed by atoms with Crippen molar-refractivity contribution < 1.29 is 14.6 Å². The fourth-order valence-corrected chi connectivity index (χ4v) is 2.22. The molecule has 0 bridgehead atoms. The molecule has 3 aromatic rings. The first-order valence-electron chi connectivity index (χ1n) is 6.54. The summed E-state index contributed by atoms with van der Waals surface area (Å²) < 4.78 is 7.49. The van der Waals surface area contributed by atoms with Gasteiger partial charge < -0.3 is 9.84 Å². The molecule has 0 saturated heterocycles. The predicted octanol–water partition coefficient (Wildman–Crippen LogP) is 2.92. The smallest absolute Gasteiger partial charge is 0.356 e. The minimum atomic E-state index is -1.04. The molecule has 5 heteroatoms. The molecule has 0 unspecified atom stereocenters. The molecule has 0 fully saturated rings. The first kappa shape index (κ1) is 13.2. The van der Waals surface area contributed by atoms with Crippen LogP contribution in [0.15, 0.2) is 48.7 Å². The van der Waals surface area contributed by atoms with E-state index in [-0.39, 0.29) is 12.3 Å². The van der Waals surface area contributed by atoms with Crippen LogP contribution in [0.2, 0.25) is 0 Å². The SMILES string of the molecule is Cc1ccccc1OCc1nc(C(=O)O)c2ccccn12. The van der Waals surface area contributed by atoms with E-state index in [0.29, 0.717) is 11.3 Å². The topological polar surface area (TPSA) is 63.8 Å². The summed E-state index contributed by atoms with van der Waals surface area (Å²) in [6, 6.07) is 13.0. The number of carbonyl (C=O) groups is 1. The number of carboxylic acids is 1. The van der Waals surface area contributed by atoms with Crippen molar-refractivity contribution in [1.29, 1.82) is 0 Å². The van der Waals surface area contributed by atoms with Crippen LogP contribution in [-0.4, -0.2) is 20.5 Å². The molecule has 0 amide bonds. The minimum absolute atomic E-state index is 0.0407. The molecular weight excluding hydrogens is 268 g/mol. The maximum Gasteiger partial charge on any atom is 0.356 e. The van der Waals surface area contributed by atoms with E-state index in [1.807, 2.05) is 37.3 Å². The van der Waals surface area contributed by atoms with Gasteiger partial charge in [0.25, 0.3) is 0 Å². The number of rotatable bonds is 4. The Morgan fingerprint density at radius 1 is 1.24 bits per heavy atom. The van der Waals surface area contributed by atoms with Crippen LogP contribution in [0.25, 0.3) is 5.52 Å². The summed E-state index contributed by atoms with van der Waals surface area (Å²) in [4.78, 5) is 15.4. The van der Waals surface area contributed by atoms with Gasteiger partial charge in [0.05, 0.1) is 5.52 Å². The second kappa shape index (κ2) is 5.28. The summed E-state index contributed by atoms with van der Waals surface area (Å²) in [6.07, 6.45) is 1.78. The molecule has 0 radical (unpaired) electrons. The molecular formula is C16H14N2O3. The molecule has 21 heavy (non-hydrogen) atoms. The Kier molecular flexibility index (Phi) is 3.31. The third-order valence-electron chi connectivity index (χ3n) is 3.27. The zero-order chi connectivity index (χ0) is 14.8. The monoisotopic (exact) mass is 282 g/mol. The number of imidazole rings is 1. The molecule has 0 saturated carbocycles. The Hall–Kier alpha value is -2.82. The molecule has 0 aliphatic heterocycles. The van der Waals surface area contributed by atoms with Gasteiger partial charge in [-0.1, -0.05) is 24.3 Å². The first-order valence-corrected chi connectivity index (χ1v) is 6.54. The van der Waals surface area contributed by atoms with Crippen LogP contribution in [0, 0.1) is 6.92 Å². The highest BCUT2D eigenvalue weighted by Crippen LogP contribution is 2.19. The van der Waals surface area contributed by atoms with Crippen LogP contribution in [0.3, 0.4) is 0 Å². The highest BCUT2D eigenvalue weighted by atomic mass is 16.5. The van der Waals surface area contributed by atoms with Gasteiger partial charge in [0.2, 0.25) is 0 Å². The zero-order valence-corrected chi connectivity index (χ0v) is 11.5. The van der Waals surface area contributed by atoms with Gasteiger partial charge in [-0.25, -0.2) is 9.78 Å². The molecule has 0 spiro atoms. The van der Waals surface area contributed by atoms with E-state index < -0.39 is 5.97 Å². The summed E-state index contributed by atoms with van der Waals surface area (Å²) >= 11 is 0. The lowest BCUT2D eigenvalue weighted by Crippen LogP contribution is -2.02. The van der Waals surface area contributed by atoms with Crippen molar-refractivity contribution in [2.24, 2.45) is 0 Å². The van der Waals surface area contributed by atoms with Crippen molar-refractivity contribution in [3.05, 3.63) is 65.7 Å². The third kappa shape index (κ3) is 2.45. The normalized spacial score (nSPS) is 10.7. The van der Waals surface area contributed by atoms with Crippen molar-refractivity contribution in [2.75, 3.05) is 0 Å². The number of fused-ring (bicyclic) bond motifs is 1. The average Bonchev–Trinajstić information content (AvgIpc) is 2.86. The molecule has 0 aliphatic rings. The average molecular weight is 282 g/mol. The van der Waals surface area contributed by atoms with Crippen LogP contribution in [0.5, 0.6) is 5.75 Å². The fraction of sp³-hybridized carbons (Fsp3) is 0.125. The largest absolute Gasteiger partial charge is 0.485 e. The van der Waals surface area contributed by atoms with Crippen molar-refractivity contribution in [3.63, 3.8) is 0 Å². The van der Waals surface area contributed by atoms with E-state index in [0.717, 1.165) is 11.3 Å². The Morgan fingerprint density at radius 2 is 2.00 bits per heavy atom. The number of ether oxygens (including phenoxy) is 1. The third-order valence-corrected chi connectivity index (χ3v) is 3.27. The van der Waals surface area contributed by atoms with Gasteiger partial charge in [0, 0.05) is 6.20 Å². The zero-order valence-electron chi connectivity index (χ0n) is 11.5. The number of carboxylic acid groups (broad SMARTS) is 1. The Morgan fingerprint density at radius 3 is 2.76 bits per heavy atom. The van der Waals surface area contributed by atoms with Gasteiger partial charge in [-0.05, 0) is 30.7 Å². The van der Waals surface area contributed by atoms with Crippen LogP contribution in [-0.2, 0) is 6.61 Å². The number of aromatic carboxylic acids is 1. The number of hydrogen-bond acceptors (Lipinski definition) is 3. The van der Waals surface area contributed by atoms with E-state index in [9.17, 15) is 9.90 Å². The lowest BCUT2D eigenvalue weighted by atomic mass is 10.2. The van der Waals surface area contributed by atoms with Crippen LogP contribution < -0.4 is 4.74 Å². The number of hydrogen-bond donors (Lipinski definition) is 1. The van der Waals surface area contributed by atoms with Crippen molar-refractivity contribution in [3.8, 4) is 5.75 Å². The molecule has 1 aromatic carbocycles. The predicted molar refractivity (Wildman–Crippen MR) is 77.7 cm³/mol. The molecule has 0 aliphatic carbocycles. The summed E-state index contributed by atoms with van der Waals surface area (Å²) in [7, 11) is 0. The summed E-state index contributed by atoms with van der Waals surface area (Å²) in [6.45, 7) is 2.17. The van der Waals surface area contributed by atoms with Crippen molar-refractivity contribution in [1.82, 2.24) is 9.38 Å². The quantitative estimate of drug-likeness (QED) is 0.799. The van der Waals surface area contributed by atoms with Crippen LogP contribution >= 0.6 is 0 Å². The maximum absolute atomic E-state index is 11.2. The highest BCUT2D eigenvalue weighted by Gasteiger charge is 2.16. The number of aryl methyl sites for hydroxylation is 1. The van der Waals surface area contributed by atoms with Crippen molar-refractivity contribution in [2.45, 2.75) is 13.5 Å². The van der Waals surface area contributed by atoms with E-state index in [1.165, 1.54) is 0 Å². The number of benzene rings is 1. The van der Waals surface area contributed by atoms with Crippen molar-refractivity contribution >= 4 is 11.5 Å². The van der Waals surface area contributed by atoms with Crippen LogP contribution in [0.4, 0.5) is 0 Å². The Labute approximate surface area is 121 Å². The fourth-order valence-electron chi connectivity index (χ4n) is 2.22. The molecule has 2 heterocycles. The molecule has 3 rings (SSSR count). The Bertz CT molecular complexity index is 808. The minimum Gasteiger partial charge on any atom is -0.485 e. The second-order valence-electron chi connectivity index (χ2n) is 4.69. The van der Waals surface area contributed by atoms with E-state index in [4.69, 9.17) is 4.74 Å². The van der Waals surface area contributed by atoms with Gasteiger partial charge in [-0.3, -0.25) is 4.40 Å². The number of nitrogens with zero attached hydrogens (tertiary/aromatic N) is 2. The van der Waals surface area contributed by atoms with Gasteiger partial charge in [-0.15, -0.1) is 0 Å². The summed E-state index contributed by atoms with van der Waals surface area (Å²) in [5.41, 5.74) is 1.63. The molecule has 2 aromatic heterocycles. The van der Waals surface area contributed by atoms with Gasteiger partial charge in [-0.2, -0.15) is 0 Å². The highest BCUT2D eigenvalue weighted by molar-refractivity contribution is 5.93. The lowest BCUT2D eigenvalue weighted by Gasteiger charge is -2.07. The van der Waals surface area contributed by atoms with Gasteiger partial charge >= 0.3 is 5.97 Å². The summed E-state index contributed by atoms with van der Waals surface area (Å²) in [5, 5.41) is 9.21. The van der Waals surface area contributed by atoms with Crippen LogP contribution in [0.1, 0.15) is 21.9 Å². The lowest BCUT2D eigenvalue weighted by molar-refractivity contribution is 0.0693. The van der Waals surface area contributed by atoms with E-state index >= 15 is 0 Å². The van der Waals surface area contributed by atoms with Gasteiger partial charge in [0.1, 0.15) is 12.4 Å². The first-order chi connectivity index (χ1) is 10.2. The molecule has 1 N–H and O–H groups in total. The molecule has 106 valence electrons. The standard InChI is InChI=1S/C16H14N2O3/c1-11-6-2-3-8-13(11)21-10-14-17-15(16(19)20)12-7-4-5-9-18(12)14/h2-9H,10H2,1H3,(H,19,20). The number of pyridine rings is 1. The maximum atomic E-state index is 11.2. The molecule has 0 atom stereocenters. The number of aromatic nitrogens is 2. The summed E-state index contributed by atoms with van der Waals surface area (Å²) in [5.74, 6) is 0.286. The van der Waals surface area contributed by atoms with Gasteiger partial charge in [0.15, 0.2) is 11.5 Å². The van der Waals surface area contributed by atoms with E-state index in [2.05, 4.69) is 4.98 Å². The molecule has 5 nitrogen and oxygen atoms in total. The Balaban J connectivity index is 1.94. The number of para-hydroxylation sites is 1. The van der Waals surface area contributed by atoms with E-state index in [1.54, 1.807) is 22.7 Å². The second-order valence-corrected chi connectivity index (χ2v) is 4.69.